The van der Waals surface area contributed by atoms with Gasteiger partial charge in [0.15, 0.2) is 6.10 Å². The van der Waals surface area contributed by atoms with Crippen LogP contribution in [0.2, 0.25) is 0 Å². The maximum absolute atomic E-state index is 11.1. The van der Waals surface area contributed by atoms with Crippen molar-refractivity contribution < 1.29 is 29.6 Å². The molecule has 0 aliphatic heterocycles. The molecule has 1 rings (SSSR count). The molecule has 1 aromatic rings. The van der Waals surface area contributed by atoms with Gasteiger partial charge in [0.05, 0.1) is 12.7 Å². The summed E-state index contributed by atoms with van der Waals surface area (Å²) in [5, 5.41) is 28.4. The minimum Gasteiger partial charge on any atom is -0.478 e. The molecule has 0 aliphatic carbocycles. The number of esters is 1. The molecule has 2 unspecified atom stereocenters. The number of aryl methyl sites for hydroxylation is 1. The third-order valence-electron chi connectivity index (χ3n) is 2.58. The van der Waals surface area contributed by atoms with Gasteiger partial charge in [-0.15, -0.1) is 0 Å². The molecule has 6 nitrogen and oxygen atoms in total. The molecular formula is C12H14O6. The average Bonchev–Trinajstić information content (AvgIpc) is 2.35. The number of benzene rings is 1. The summed E-state index contributed by atoms with van der Waals surface area (Å²) in [5.41, 5.74) is 0.268. The number of carbonyl (C=O) groups excluding carboxylic acids is 1. The Morgan fingerprint density at radius 2 is 1.89 bits per heavy atom. The molecule has 0 saturated carbocycles. The number of rotatable bonds is 4. The van der Waals surface area contributed by atoms with E-state index in [0.717, 1.165) is 7.11 Å². The molecular weight excluding hydrogens is 240 g/mol. The average molecular weight is 254 g/mol. The normalized spacial score (nSPS) is 13.8. The summed E-state index contributed by atoms with van der Waals surface area (Å²) in [5.74, 6) is -2.26. The Balaban J connectivity index is 3.21. The maximum Gasteiger partial charge on any atom is 0.337 e. The third-order valence-corrected chi connectivity index (χ3v) is 2.58. The number of hydrogen-bond acceptors (Lipinski definition) is 5. The Bertz CT molecular complexity index is 468. The van der Waals surface area contributed by atoms with Gasteiger partial charge in [-0.2, -0.15) is 0 Å². The molecule has 1 aromatic carbocycles. The summed E-state index contributed by atoms with van der Waals surface area (Å²) in [6.45, 7) is 1.56. The first-order valence-electron chi connectivity index (χ1n) is 5.17. The Morgan fingerprint density at radius 3 is 2.39 bits per heavy atom. The highest BCUT2D eigenvalue weighted by Crippen LogP contribution is 2.24. The predicted octanol–water partition coefficient (Wildman–Crippen LogP) is 0.261. The minimum absolute atomic E-state index is 0.0274. The molecule has 6 heteroatoms. The van der Waals surface area contributed by atoms with Gasteiger partial charge in [-0.3, -0.25) is 0 Å². The van der Waals surface area contributed by atoms with Crippen LogP contribution < -0.4 is 0 Å². The summed E-state index contributed by atoms with van der Waals surface area (Å²) >= 11 is 0. The third kappa shape index (κ3) is 2.66. The van der Waals surface area contributed by atoms with Crippen LogP contribution in [0.1, 0.15) is 27.6 Å². The Hall–Kier alpha value is -1.92. The van der Waals surface area contributed by atoms with E-state index in [1.807, 2.05) is 0 Å². The molecule has 0 saturated heterocycles. The van der Waals surface area contributed by atoms with Crippen LogP contribution >= 0.6 is 0 Å². The van der Waals surface area contributed by atoms with E-state index in [1.165, 1.54) is 12.1 Å². The monoisotopic (exact) mass is 254 g/mol. The van der Waals surface area contributed by atoms with Crippen LogP contribution in [0.4, 0.5) is 0 Å². The van der Waals surface area contributed by atoms with Crippen LogP contribution in [0.3, 0.4) is 0 Å². The SMILES string of the molecule is COC(=O)C(O)C(O)c1cccc(C)c1C(=O)O. The van der Waals surface area contributed by atoms with Crippen molar-refractivity contribution in [2.24, 2.45) is 0 Å². The van der Waals surface area contributed by atoms with Crippen molar-refractivity contribution in [3.05, 3.63) is 34.9 Å². The van der Waals surface area contributed by atoms with E-state index in [-0.39, 0.29) is 11.1 Å². The van der Waals surface area contributed by atoms with Crippen molar-refractivity contribution in [2.75, 3.05) is 7.11 Å². The molecule has 0 aliphatic rings. The molecule has 3 N–H and O–H groups in total. The summed E-state index contributed by atoms with van der Waals surface area (Å²) in [6, 6.07) is 4.43. The highest BCUT2D eigenvalue weighted by molar-refractivity contribution is 5.91. The highest BCUT2D eigenvalue weighted by atomic mass is 16.5. The van der Waals surface area contributed by atoms with E-state index in [1.54, 1.807) is 13.0 Å². The van der Waals surface area contributed by atoms with Crippen LogP contribution in [0.15, 0.2) is 18.2 Å². The predicted molar refractivity (Wildman–Crippen MR) is 61.1 cm³/mol. The second kappa shape index (κ2) is 5.61. The van der Waals surface area contributed by atoms with Crippen LogP contribution in [-0.2, 0) is 9.53 Å². The number of methoxy groups -OCH3 is 1. The van der Waals surface area contributed by atoms with Crippen molar-refractivity contribution in [1.29, 1.82) is 0 Å². The van der Waals surface area contributed by atoms with Gasteiger partial charge >= 0.3 is 11.9 Å². The number of aliphatic hydroxyl groups is 2. The van der Waals surface area contributed by atoms with Gasteiger partial charge in [-0.1, -0.05) is 18.2 Å². The molecule has 0 heterocycles. The fraction of sp³-hybridized carbons (Fsp3) is 0.333. The van der Waals surface area contributed by atoms with Crippen LogP contribution in [0.25, 0.3) is 0 Å². The Kier molecular flexibility index (Phi) is 4.41. The first-order chi connectivity index (χ1) is 8.40. The van der Waals surface area contributed by atoms with E-state index < -0.39 is 24.1 Å². The second-order valence-electron chi connectivity index (χ2n) is 3.76. The molecule has 2 atom stereocenters. The highest BCUT2D eigenvalue weighted by Gasteiger charge is 2.30. The smallest absolute Gasteiger partial charge is 0.337 e. The number of aliphatic hydroxyl groups excluding tert-OH is 2. The van der Waals surface area contributed by atoms with Crippen molar-refractivity contribution in [3.8, 4) is 0 Å². The van der Waals surface area contributed by atoms with Gasteiger partial charge in [0, 0.05) is 0 Å². The number of carboxylic acid groups (broad SMARTS) is 1. The maximum atomic E-state index is 11.1. The van der Waals surface area contributed by atoms with E-state index in [4.69, 9.17) is 5.11 Å². The van der Waals surface area contributed by atoms with Gasteiger partial charge in [-0.25, -0.2) is 9.59 Å². The van der Waals surface area contributed by atoms with Gasteiger partial charge < -0.3 is 20.1 Å². The number of carboxylic acids is 1. The first kappa shape index (κ1) is 14.1. The van der Waals surface area contributed by atoms with E-state index in [0.29, 0.717) is 5.56 Å². The Morgan fingerprint density at radius 1 is 1.28 bits per heavy atom. The lowest BCUT2D eigenvalue weighted by Crippen LogP contribution is -2.30. The minimum atomic E-state index is -1.82. The topological polar surface area (TPSA) is 104 Å². The molecule has 0 aromatic heterocycles. The second-order valence-corrected chi connectivity index (χ2v) is 3.76. The summed E-state index contributed by atoms with van der Waals surface area (Å²) in [6.07, 6.45) is -3.47. The largest absolute Gasteiger partial charge is 0.478 e. The zero-order chi connectivity index (χ0) is 13.9. The molecule has 18 heavy (non-hydrogen) atoms. The fourth-order valence-corrected chi connectivity index (χ4v) is 1.65. The van der Waals surface area contributed by atoms with E-state index >= 15 is 0 Å². The van der Waals surface area contributed by atoms with E-state index in [2.05, 4.69) is 4.74 Å². The van der Waals surface area contributed by atoms with Gasteiger partial charge in [0.25, 0.3) is 0 Å². The van der Waals surface area contributed by atoms with Crippen LogP contribution in [0, 0.1) is 6.92 Å². The Labute approximate surface area is 103 Å². The van der Waals surface area contributed by atoms with Crippen LogP contribution in [0.5, 0.6) is 0 Å². The number of hydrogen-bond donors (Lipinski definition) is 3. The molecule has 0 bridgehead atoms. The molecule has 98 valence electrons. The lowest BCUT2D eigenvalue weighted by molar-refractivity contribution is -0.156. The summed E-state index contributed by atoms with van der Waals surface area (Å²) < 4.78 is 4.29. The summed E-state index contributed by atoms with van der Waals surface area (Å²) in [4.78, 5) is 22.2. The number of carbonyl (C=O) groups is 2. The molecule has 0 spiro atoms. The zero-order valence-electron chi connectivity index (χ0n) is 9.95. The van der Waals surface area contributed by atoms with Gasteiger partial charge in [0.1, 0.15) is 6.10 Å². The summed E-state index contributed by atoms with van der Waals surface area (Å²) in [7, 11) is 1.06. The number of aromatic carboxylic acids is 1. The molecule has 0 radical (unpaired) electrons. The molecule has 0 amide bonds. The van der Waals surface area contributed by atoms with E-state index in [9.17, 15) is 19.8 Å². The fourth-order valence-electron chi connectivity index (χ4n) is 1.65. The quantitative estimate of drug-likeness (QED) is 0.666. The van der Waals surface area contributed by atoms with Crippen LogP contribution in [-0.4, -0.2) is 40.5 Å². The van der Waals surface area contributed by atoms with Gasteiger partial charge in [-0.05, 0) is 18.1 Å². The van der Waals surface area contributed by atoms with Gasteiger partial charge in [0.2, 0.25) is 0 Å². The lowest BCUT2D eigenvalue weighted by atomic mass is 9.95. The van der Waals surface area contributed by atoms with Crippen molar-refractivity contribution >= 4 is 11.9 Å². The first-order valence-corrected chi connectivity index (χ1v) is 5.17. The zero-order valence-corrected chi connectivity index (χ0v) is 9.95. The lowest BCUT2D eigenvalue weighted by Gasteiger charge is -2.18. The molecule has 0 fully saturated rings. The van der Waals surface area contributed by atoms with Crippen molar-refractivity contribution in [1.82, 2.24) is 0 Å². The number of ether oxygens (including phenoxy) is 1. The standard InChI is InChI=1S/C12H14O6/c1-6-4-3-5-7(8(6)11(15)16)9(13)10(14)12(17)18-2/h3-5,9-10,13-14H,1-2H3,(H,15,16). The van der Waals surface area contributed by atoms with Crippen molar-refractivity contribution in [2.45, 2.75) is 19.1 Å². The van der Waals surface area contributed by atoms with Crippen molar-refractivity contribution in [3.63, 3.8) is 0 Å².